The largest absolute Gasteiger partial charge is 0.334 e. The lowest BCUT2D eigenvalue weighted by molar-refractivity contribution is 0.198. The summed E-state index contributed by atoms with van der Waals surface area (Å²) in [7, 11) is 0. The third kappa shape index (κ3) is 5.96. The molecule has 1 aliphatic carbocycles. The molecule has 3 aromatic carbocycles. The predicted molar refractivity (Wildman–Crippen MR) is 173 cm³/mol. The topological polar surface area (TPSA) is 59.4 Å². The van der Waals surface area contributed by atoms with Gasteiger partial charge in [0.25, 0.3) is 0 Å². The van der Waals surface area contributed by atoms with Gasteiger partial charge in [-0.2, -0.15) is 5.26 Å². The van der Waals surface area contributed by atoms with Crippen molar-refractivity contribution in [2.24, 2.45) is 5.92 Å². The second kappa shape index (κ2) is 12.5. The number of hydrogen-bond donors (Lipinski definition) is 1. The molecule has 6 heteroatoms. The number of fused-ring (bicyclic) bond motifs is 2. The van der Waals surface area contributed by atoms with Crippen molar-refractivity contribution in [1.82, 2.24) is 10.2 Å². The van der Waals surface area contributed by atoms with Gasteiger partial charge in [-0.05, 0) is 115 Å². The summed E-state index contributed by atoms with van der Waals surface area (Å²) in [5.74, 6) is 1.27. The summed E-state index contributed by atoms with van der Waals surface area (Å²) < 4.78 is 0. The number of nitrogens with one attached hydrogen (secondary N) is 1. The monoisotopic (exact) mass is 578 g/mol. The summed E-state index contributed by atoms with van der Waals surface area (Å²) in [4.78, 5) is 19.3. The van der Waals surface area contributed by atoms with Gasteiger partial charge in [-0.3, -0.25) is 9.80 Å². The Morgan fingerprint density at radius 2 is 1.76 bits per heavy atom. The van der Waals surface area contributed by atoms with Crippen LogP contribution in [0.1, 0.15) is 67.7 Å². The van der Waals surface area contributed by atoms with E-state index in [2.05, 4.69) is 90.8 Å². The molecule has 1 N–H and O–H groups in total. The van der Waals surface area contributed by atoms with E-state index in [0.29, 0.717) is 6.54 Å². The molecule has 2 aliphatic heterocycles. The summed E-state index contributed by atoms with van der Waals surface area (Å²) in [5, 5.41) is 12.5. The molecule has 0 bridgehead atoms. The zero-order valence-electron chi connectivity index (χ0n) is 25.0. The smallest absolute Gasteiger partial charge is 0.322 e. The lowest BCUT2D eigenvalue weighted by Gasteiger charge is -2.29. The number of carbonyl (C=O) groups is 1. The number of hydrogen-bond acceptors (Lipinski definition) is 4. The van der Waals surface area contributed by atoms with Crippen LogP contribution in [0.3, 0.4) is 0 Å². The Kier molecular flexibility index (Phi) is 8.60. The molecule has 2 fully saturated rings. The number of nitriles is 1. The highest BCUT2D eigenvalue weighted by Crippen LogP contribution is 2.51. The van der Waals surface area contributed by atoms with Gasteiger partial charge in [-0.15, -0.1) is 11.8 Å². The summed E-state index contributed by atoms with van der Waals surface area (Å²) in [5.41, 5.74) is 8.72. The Labute approximate surface area is 255 Å². The van der Waals surface area contributed by atoms with Gasteiger partial charge in [0.05, 0.1) is 6.07 Å². The number of anilines is 1. The Morgan fingerprint density at radius 1 is 1.02 bits per heavy atom. The molecule has 6 rings (SSSR count). The van der Waals surface area contributed by atoms with Crippen molar-refractivity contribution >= 4 is 23.5 Å². The maximum absolute atomic E-state index is 13.6. The highest BCUT2D eigenvalue weighted by Gasteiger charge is 2.46. The summed E-state index contributed by atoms with van der Waals surface area (Å²) in [6.45, 7) is 8.56. The first-order valence-electron chi connectivity index (χ1n) is 15.6. The molecule has 3 aromatic rings. The van der Waals surface area contributed by atoms with Crippen LogP contribution in [0, 0.1) is 24.2 Å². The fourth-order valence-electron chi connectivity index (χ4n) is 7.20. The Balaban J connectivity index is 1.21. The molecule has 2 heterocycles. The van der Waals surface area contributed by atoms with Crippen LogP contribution in [0.25, 0.3) is 11.1 Å². The van der Waals surface area contributed by atoms with Gasteiger partial charge in [0.15, 0.2) is 0 Å². The molecule has 0 atom stereocenters. The van der Waals surface area contributed by atoms with Crippen molar-refractivity contribution in [3.63, 3.8) is 0 Å². The van der Waals surface area contributed by atoms with Crippen LogP contribution in [-0.4, -0.2) is 36.3 Å². The van der Waals surface area contributed by atoms with E-state index in [1.807, 2.05) is 16.7 Å². The van der Waals surface area contributed by atoms with E-state index < -0.39 is 0 Å². The van der Waals surface area contributed by atoms with E-state index in [4.69, 9.17) is 0 Å². The van der Waals surface area contributed by atoms with Gasteiger partial charge < -0.3 is 5.32 Å². The van der Waals surface area contributed by atoms with Crippen LogP contribution in [0.4, 0.5) is 10.5 Å². The van der Waals surface area contributed by atoms with Gasteiger partial charge in [0.1, 0.15) is 0 Å². The fourth-order valence-corrected chi connectivity index (χ4v) is 7.86. The number of urea groups is 1. The van der Waals surface area contributed by atoms with Gasteiger partial charge in [0, 0.05) is 41.6 Å². The minimum absolute atomic E-state index is 0.00173. The molecule has 1 saturated heterocycles. The number of nitrogens with zero attached hydrogens (tertiary/aromatic N) is 3. The second-order valence-corrected chi connectivity index (χ2v) is 13.7. The zero-order valence-corrected chi connectivity index (χ0v) is 25.8. The highest BCUT2D eigenvalue weighted by molar-refractivity contribution is 7.99. The molecule has 3 aliphatic rings. The zero-order chi connectivity index (χ0) is 29.1. The van der Waals surface area contributed by atoms with E-state index in [0.717, 1.165) is 68.9 Å². The number of benzene rings is 3. The second-order valence-electron chi connectivity index (χ2n) is 12.4. The Hall–Kier alpha value is -3.27. The normalized spacial score (nSPS) is 18.3. The first-order chi connectivity index (χ1) is 20.5. The fraction of sp³-hybridized carbons (Fsp3) is 0.444. The molecule has 1 spiro atoms. The third-order valence-corrected chi connectivity index (χ3v) is 10.5. The number of piperidine rings is 1. The summed E-state index contributed by atoms with van der Waals surface area (Å²) in [6, 6.07) is 24.6. The average molecular weight is 579 g/mol. The Bertz CT molecular complexity index is 1460. The van der Waals surface area contributed by atoms with Crippen molar-refractivity contribution in [3.05, 3.63) is 82.9 Å². The van der Waals surface area contributed by atoms with Crippen LogP contribution >= 0.6 is 11.8 Å². The maximum Gasteiger partial charge on any atom is 0.322 e. The predicted octanol–water partition coefficient (Wildman–Crippen LogP) is 8.05. The minimum atomic E-state index is -0.00173. The third-order valence-electron chi connectivity index (χ3n) is 9.59. The van der Waals surface area contributed by atoms with Crippen LogP contribution in [0.15, 0.2) is 65.6 Å². The number of carbonyl (C=O) groups excluding carboxylic acids is 1. The van der Waals surface area contributed by atoms with Gasteiger partial charge in [-0.1, -0.05) is 50.1 Å². The van der Waals surface area contributed by atoms with Crippen molar-refractivity contribution in [1.29, 1.82) is 5.26 Å². The molecule has 42 heavy (non-hydrogen) atoms. The molecule has 0 unspecified atom stereocenters. The van der Waals surface area contributed by atoms with Crippen molar-refractivity contribution in [2.75, 3.05) is 30.3 Å². The van der Waals surface area contributed by atoms with E-state index in [1.165, 1.54) is 45.6 Å². The molecular formula is C36H42N4OS. The number of thioether (sulfide) groups is 1. The lowest BCUT2D eigenvalue weighted by Crippen LogP contribution is -2.41. The molecule has 0 radical (unpaired) electrons. The summed E-state index contributed by atoms with van der Waals surface area (Å²) >= 11 is 1.83. The number of rotatable bonds is 7. The molecule has 2 amide bonds. The minimum Gasteiger partial charge on any atom is -0.334 e. The van der Waals surface area contributed by atoms with Crippen LogP contribution in [-0.2, 0) is 18.5 Å². The SMILES string of the molecule is CCSc1ccc(CNC(=O)N2CC3(CCCC3)c3cc(-c4cc(CN5CCC(C#N)CC5)ccc4C)ccc32)cc1. The molecule has 5 nitrogen and oxygen atoms in total. The number of likely N-dealkylation sites (tertiary alicyclic amines) is 1. The van der Waals surface area contributed by atoms with E-state index in [1.54, 1.807) is 0 Å². The first-order valence-corrected chi connectivity index (χ1v) is 16.6. The van der Waals surface area contributed by atoms with E-state index in [9.17, 15) is 10.1 Å². The molecule has 218 valence electrons. The summed E-state index contributed by atoms with van der Waals surface area (Å²) in [6.07, 6.45) is 6.66. The van der Waals surface area contributed by atoms with Gasteiger partial charge >= 0.3 is 6.03 Å². The van der Waals surface area contributed by atoms with Crippen LogP contribution in [0.2, 0.25) is 0 Å². The van der Waals surface area contributed by atoms with Crippen LogP contribution in [0.5, 0.6) is 0 Å². The lowest BCUT2D eigenvalue weighted by atomic mass is 9.79. The molecule has 0 aromatic heterocycles. The van der Waals surface area contributed by atoms with Crippen molar-refractivity contribution in [2.45, 2.75) is 75.8 Å². The highest BCUT2D eigenvalue weighted by atomic mass is 32.2. The van der Waals surface area contributed by atoms with Gasteiger partial charge in [-0.25, -0.2) is 4.79 Å². The van der Waals surface area contributed by atoms with Crippen molar-refractivity contribution < 1.29 is 4.79 Å². The van der Waals surface area contributed by atoms with E-state index in [-0.39, 0.29) is 17.4 Å². The first kappa shape index (κ1) is 28.8. The van der Waals surface area contributed by atoms with Crippen LogP contribution < -0.4 is 10.2 Å². The Morgan fingerprint density at radius 3 is 2.48 bits per heavy atom. The quantitative estimate of drug-likeness (QED) is 0.288. The number of aryl methyl sites for hydroxylation is 1. The molecule has 1 saturated carbocycles. The maximum atomic E-state index is 13.6. The van der Waals surface area contributed by atoms with Crippen molar-refractivity contribution in [3.8, 4) is 17.2 Å². The number of amides is 2. The molecular weight excluding hydrogens is 536 g/mol. The average Bonchev–Trinajstić information content (AvgIpc) is 3.63. The van der Waals surface area contributed by atoms with Gasteiger partial charge in [0.2, 0.25) is 0 Å². The van der Waals surface area contributed by atoms with E-state index >= 15 is 0 Å². The standard InChI is InChI=1S/C36H42N4OS/c1-3-42-31-11-8-28(9-12-31)23-38-35(41)40-25-36(16-4-5-17-36)33-21-30(10-13-34(33)40)32-20-29(7-6-26(32)2)24-39-18-14-27(22-37)15-19-39/h6-13,20-21,27H,3-5,14-19,23-25H2,1-2H3,(H,38,41).